The number of amides is 2. The number of primary amides is 1. The maximum Gasteiger partial charge on any atom is 0.224 e. The Hall–Kier alpha value is -1.14. The van der Waals surface area contributed by atoms with Crippen molar-refractivity contribution < 1.29 is 19.8 Å². The molecule has 1 saturated heterocycles. The molecule has 1 aliphatic rings. The van der Waals surface area contributed by atoms with Crippen LogP contribution in [-0.2, 0) is 9.59 Å². The number of carbonyl (C=O) groups excluding carboxylic acids is 2. The van der Waals surface area contributed by atoms with Gasteiger partial charge in [0.2, 0.25) is 11.8 Å². The molecule has 86 valence electrons. The van der Waals surface area contributed by atoms with E-state index >= 15 is 0 Å². The molecule has 1 unspecified atom stereocenters. The zero-order chi connectivity index (χ0) is 11.6. The van der Waals surface area contributed by atoms with Crippen molar-refractivity contribution in [3.63, 3.8) is 0 Å². The zero-order valence-corrected chi connectivity index (χ0v) is 8.64. The van der Waals surface area contributed by atoms with Crippen molar-refractivity contribution in [3.8, 4) is 0 Å². The normalized spacial score (nSPS) is 22.2. The van der Waals surface area contributed by atoms with E-state index in [9.17, 15) is 9.59 Å². The Bertz CT molecular complexity index is 275. The summed E-state index contributed by atoms with van der Waals surface area (Å²) in [6.45, 7) is 1.04. The molecule has 1 fully saturated rings. The van der Waals surface area contributed by atoms with E-state index in [0.29, 0.717) is 0 Å². The molecule has 6 heteroatoms. The van der Waals surface area contributed by atoms with Gasteiger partial charge in [-0.25, -0.2) is 0 Å². The van der Waals surface area contributed by atoms with Gasteiger partial charge in [-0.05, 0) is 6.92 Å². The Labute approximate surface area is 87.7 Å². The van der Waals surface area contributed by atoms with Crippen LogP contribution in [-0.4, -0.2) is 52.2 Å². The molecule has 0 aromatic carbocycles. The van der Waals surface area contributed by atoms with Gasteiger partial charge in [0.1, 0.15) is 0 Å². The summed E-state index contributed by atoms with van der Waals surface area (Å²) in [7, 11) is 0. The third-order valence-electron chi connectivity index (χ3n) is 2.86. The number of nitrogens with two attached hydrogens (primary N) is 1. The highest BCUT2D eigenvalue weighted by Gasteiger charge is 2.42. The second-order valence-corrected chi connectivity index (χ2v) is 4.12. The van der Waals surface area contributed by atoms with Crippen LogP contribution in [0.2, 0.25) is 0 Å². The Balaban J connectivity index is 2.80. The highest BCUT2D eigenvalue weighted by Crippen LogP contribution is 2.25. The first kappa shape index (κ1) is 11.9. The minimum atomic E-state index is -1.01. The molecule has 6 nitrogen and oxygen atoms in total. The monoisotopic (exact) mass is 216 g/mol. The molecule has 0 bridgehead atoms. The molecule has 0 spiro atoms. The number of likely N-dealkylation sites (tertiary alicyclic amines) is 1. The summed E-state index contributed by atoms with van der Waals surface area (Å²) in [4.78, 5) is 23.8. The fraction of sp³-hybridized carbons (Fsp3) is 0.778. The van der Waals surface area contributed by atoms with Crippen LogP contribution in [0.3, 0.4) is 0 Å². The molecule has 4 N–H and O–H groups in total. The van der Waals surface area contributed by atoms with E-state index in [1.807, 2.05) is 0 Å². The van der Waals surface area contributed by atoms with Crippen molar-refractivity contribution in [3.05, 3.63) is 0 Å². The minimum absolute atomic E-state index is 0.0604. The van der Waals surface area contributed by atoms with Gasteiger partial charge in [0.15, 0.2) is 0 Å². The molecule has 0 saturated carbocycles. The van der Waals surface area contributed by atoms with E-state index in [4.69, 9.17) is 15.9 Å². The Morgan fingerprint density at radius 1 is 1.60 bits per heavy atom. The third-order valence-corrected chi connectivity index (χ3v) is 2.86. The third kappa shape index (κ3) is 2.10. The number of hydrogen-bond donors (Lipinski definition) is 3. The van der Waals surface area contributed by atoms with Crippen LogP contribution < -0.4 is 5.73 Å². The summed E-state index contributed by atoms with van der Waals surface area (Å²) in [5.41, 5.74) is 4.09. The van der Waals surface area contributed by atoms with E-state index < -0.39 is 17.4 Å². The van der Waals surface area contributed by atoms with Crippen LogP contribution in [0.1, 0.15) is 13.3 Å². The van der Waals surface area contributed by atoms with Crippen LogP contribution in [0.5, 0.6) is 0 Å². The van der Waals surface area contributed by atoms with Crippen molar-refractivity contribution in [1.29, 1.82) is 0 Å². The van der Waals surface area contributed by atoms with Crippen molar-refractivity contribution in [2.75, 3.05) is 19.8 Å². The number of hydrogen-bond acceptors (Lipinski definition) is 4. The van der Waals surface area contributed by atoms with Gasteiger partial charge in [-0.2, -0.15) is 0 Å². The van der Waals surface area contributed by atoms with E-state index in [2.05, 4.69) is 0 Å². The van der Waals surface area contributed by atoms with E-state index in [-0.39, 0.29) is 32.1 Å². The SMILES string of the molecule is CC(CO)(CO)N1CC(C(N)=O)CC1=O. The topological polar surface area (TPSA) is 104 Å². The quantitative estimate of drug-likeness (QED) is 0.508. The lowest BCUT2D eigenvalue weighted by molar-refractivity contribution is -0.136. The predicted octanol–water partition coefficient (Wildman–Crippen LogP) is -1.94. The van der Waals surface area contributed by atoms with E-state index in [1.54, 1.807) is 6.92 Å². The molecule has 15 heavy (non-hydrogen) atoms. The largest absolute Gasteiger partial charge is 0.394 e. The fourth-order valence-electron chi connectivity index (χ4n) is 1.64. The van der Waals surface area contributed by atoms with Crippen LogP contribution in [0.4, 0.5) is 0 Å². The second kappa shape index (κ2) is 4.16. The van der Waals surface area contributed by atoms with Gasteiger partial charge in [-0.1, -0.05) is 0 Å². The number of aliphatic hydroxyl groups excluding tert-OH is 2. The van der Waals surface area contributed by atoms with Crippen LogP contribution >= 0.6 is 0 Å². The molecule has 1 atom stereocenters. The lowest BCUT2D eigenvalue weighted by atomic mass is 10.0. The van der Waals surface area contributed by atoms with Crippen LogP contribution in [0.25, 0.3) is 0 Å². The van der Waals surface area contributed by atoms with Gasteiger partial charge < -0.3 is 20.8 Å². The molecular weight excluding hydrogens is 200 g/mol. The zero-order valence-electron chi connectivity index (χ0n) is 8.64. The lowest BCUT2D eigenvalue weighted by Crippen LogP contribution is -2.53. The summed E-state index contributed by atoms with van der Waals surface area (Å²) < 4.78 is 0. The summed E-state index contributed by atoms with van der Waals surface area (Å²) >= 11 is 0. The Morgan fingerprint density at radius 3 is 2.47 bits per heavy atom. The Morgan fingerprint density at radius 2 is 2.13 bits per heavy atom. The van der Waals surface area contributed by atoms with Gasteiger partial charge in [0, 0.05) is 13.0 Å². The Kier molecular flexibility index (Phi) is 3.31. The standard InChI is InChI=1S/C9H16N2O4/c1-9(4-12,5-13)11-3-6(8(10)15)2-7(11)14/h6,12-13H,2-5H2,1H3,(H2,10,15). The van der Waals surface area contributed by atoms with E-state index in [0.717, 1.165) is 0 Å². The van der Waals surface area contributed by atoms with Crippen LogP contribution in [0.15, 0.2) is 0 Å². The van der Waals surface area contributed by atoms with Crippen molar-refractivity contribution in [2.45, 2.75) is 18.9 Å². The summed E-state index contributed by atoms with van der Waals surface area (Å²) in [6, 6.07) is 0. The summed E-state index contributed by atoms with van der Waals surface area (Å²) in [5, 5.41) is 18.2. The molecule has 0 aromatic rings. The first-order chi connectivity index (χ1) is 6.94. The van der Waals surface area contributed by atoms with Crippen molar-refractivity contribution in [2.24, 2.45) is 11.7 Å². The van der Waals surface area contributed by atoms with Gasteiger partial charge in [0.25, 0.3) is 0 Å². The number of rotatable bonds is 4. The fourth-order valence-corrected chi connectivity index (χ4v) is 1.64. The highest BCUT2D eigenvalue weighted by atomic mass is 16.3. The van der Waals surface area contributed by atoms with Gasteiger partial charge >= 0.3 is 0 Å². The number of aliphatic hydroxyl groups is 2. The average molecular weight is 216 g/mol. The molecule has 0 aromatic heterocycles. The van der Waals surface area contributed by atoms with Crippen molar-refractivity contribution >= 4 is 11.8 Å². The van der Waals surface area contributed by atoms with Crippen molar-refractivity contribution in [1.82, 2.24) is 4.90 Å². The molecule has 0 radical (unpaired) electrons. The molecule has 1 heterocycles. The molecule has 2 amide bonds. The second-order valence-electron chi connectivity index (χ2n) is 4.12. The highest BCUT2D eigenvalue weighted by molar-refractivity contribution is 5.88. The molecule has 0 aliphatic carbocycles. The minimum Gasteiger partial charge on any atom is -0.394 e. The predicted molar refractivity (Wildman–Crippen MR) is 51.6 cm³/mol. The number of carbonyl (C=O) groups is 2. The smallest absolute Gasteiger partial charge is 0.224 e. The van der Waals surface area contributed by atoms with Gasteiger partial charge in [0.05, 0.1) is 24.7 Å². The van der Waals surface area contributed by atoms with Gasteiger partial charge in [-0.15, -0.1) is 0 Å². The first-order valence-electron chi connectivity index (χ1n) is 4.76. The molecule has 1 aliphatic heterocycles. The summed E-state index contributed by atoms with van der Waals surface area (Å²) in [5.74, 6) is -1.30. The van der Waals surface area contributed by atoms with Gasteiger partial charge in [-0.3, -0.25) is 9.59 Å². The molecule has 1 rings (SSSR count). The molecular formula is C9H16N2O4. The maximum absolute atomic E-state index is 11.5. The average Bonchev–Trinajstić information content (AvgIpc) is 2.60. The summed E-state index contributed by atoms with van der Waals surface area (Å²) in [6.07, 6.45) is 0.0604. The lowest BCUT2D eigenvalue weighted by Gasteiger charge is -2.35. The van der Waals surface area contributed by atoms with Crippen LogP contribution in [0, 0.1) is 5.92 Å². The van der Waals surface area contributed by atoms with E-state index in [1.165, 1.54) is 4.90 Å². The first-order valence-corrected chi connectivity index (χ1v) is 4.76. The maximum atomic E-state index is 11.5. The number of nitrogens with zero attached hydrogens (tertiary/aromatic N) is 1.